The number of alkyl halides is 3. The number of aromatic nitrogens is 2. The summed E-state index contributed by atoms with van der Waals surface area (Å²) in [5.41, 5.74) is 1.04. The van der Waals surface area contributed by atoms with E-state index in [0.29, 0.717) is 22.6 Å². The summed E-state index contributed by atoms with van der Waals surface area (Å²) in [7, 11) is 0. The zero-order valence-electron chi connectivity index (χ0n) is 12.4. The van der Waals surface area contributed by atoms with Crippen LogP contribution in [0, 0.1) is 13.8 Å². The molecule has 0 radical (unpaired) electrons. The minimum Gasteiger partial charge on any atom is -0.462 e. The highest BCUT2D eigenvalue weighted by Gasteiger charge is 2.30. The van der Waals surface area contributed by atoms with Gasteiger partial charge in [-0.05, 0) is 45.0 Å². The van der Waals surface area contributed by atoms with Gasteiger partial charge in [-0.1, -0.05) is 0 Å². The highest BCUT2D eigenvalue weighted by atomic mass is 19.4. The van der Waals surface area contributed by atoms with Crippen LogP contribution >= 0.6 is 0 Å². The van der Waals surface area contributed by atoms with Crippen molar-refractivity contribution in [2.24, 2.45) is 0 Å². The molecular formula is C15H15F3N2O2. The molecule has 118 valence electrons. The van der Waals surface area contributed by atoms with Crippen LogP contribution in [0.2, 0.25) is 0 Å². The predicted octanol–water partition coefficient (Wildman–Crippen LogP) is 3.68. The number of hydrogen-bond donors (Lipinski definition) is 0. The van der Waals surface area contributed by atoms with Crippen LogP contribution in [0.3, 0.4) is 0 Å². The molecule has 0 aliphatic carbocycles. The molecule has 0 saturated carbocycles. The average molecular weight is 312 g/mol. The van der Waals surface area contributed by atoms with Crippen LogP contribution in [0.4, 0.5) is 13.2 Å². The molecule has 22 heavy (non-hydrogen) atoms. The van der Waals surface area contributed by atoms with Gasteiger partial charge in [0.15, 0.2) is 0 Å². The number of carbonyl (C=O) groups is 1. The van der Waals surface area contributed by atoms with E-state index in [1.165, 1.54) is 16.8 Å². The summed E-state index contributed by atoms with van der Waals surface area (Å²) in [6.45, 7) is 5.26. The van der Waals surface area contributed by atoms with Crippen molar-refractivity contribution in [3.05, 3.63) is 46.8 Å². The third-order valence-corrected chi connectivity index (χ3v) is 3.21. The summed E-state index contributed by atoms with van der Waals surface area (Å²) in [5.74, 6) is -0.490. The fraction of sp³-hybridized carbons (Fsp3) is 0.333. The average Bonchev–Trinajstić information content (AvgIpc) is 2.73. The molecule has 4 nitrogen and oxygen atoms in total. The molecule has 0 aliphatic heterocycles. The number of nitrogens with zero attached hydrogens (tertiary/aromatic N) is 2. The van der Waals surface area contributed by atoms with Crippen LogP contribution in [0.1, 0.15) is 34.2 Å². The molecule has 7 heteroatoms. The van der Waals surface area contributed by atoms with E-state index < -0.39 is 17.7 Å². The summed E-state index contributed by atoms with van der Waals surface area (Å²) in [6, 6.07) is 4.60. The van der Waals surface area contributed by atoms with Gasteiger partial charge in [0.05, 0.1) is 29.2 Å². The number of aryl methyl sites for hydroxylation is 1. The van der Waals surface area contributed by atoms with Gasteiger partial charge in [-0.25, -0.2) is 9.48 Å². The lowest BCUT2D eigenvalue weighted by Gasteiger charge is -2.09. The molecule has 0 fully saturated rings. The van der Waals surface area contributed by atoms with Crippen molar-refractivity contribution < 1.29 is 22.7 Å². The number of ether oxygens (including phenoxy) is 1. The van der Waals surface area contributed by atoms with Crippen LogP contribution in [0.5, 0.6) is 0 Å². The molecule has 2 aromatic rings. The van der Waals surface area contributed by atoms with E-state index in [0.717, 1.165) is 12.1 Å². The minimum atomic E-state index is -4.39. The third kappa shape index (κ3) is 2.98. The quantitative estimate of drug-likeness (QED) is 0.812. The van der Waals surface area contributed by atoms with E-state index in [1.54, 1.807) is 20.8 Å². The fourth-order valence-corrected chi connectivity index (χ4v) is 2.18. The second-order valence-corrected chi connectivity index (χ2v) is 4.72. The van der Waals surface area contributed by atoms with Crippen LogP contribution < -0.4 is 0 Å². The Morgan fingerprint density at radius 3 is 2.32 bits per heavy atom. The zero-order valence-corrected chi connectivity index (χ0v) is 12.4. The van der Waals surface area contributed by atoms with E-state index >= 15 is 0 Å². The first-order chi connectivity index (χ1) is 10.3. The fourth-order valence-electron chi connectivity index (χ4n) is 2.18. The number of rotatable bonds is 3. The number of esters is 1. The standard InChI is InChI=1S/C15H15F3N2O2/c1-4-22-14(21)13-9(2)19-20(10(13)3)12-7-5-11(6-8-12)15(16,17)18/h5-8H,4H2,1-3H3. The molecule has 0 saturated heterocycles. The van der Waals surface area contributed by atoms with Gasteiger partial charge in [0.2, 0.25) is 0 Å². The molecule has 0 spiro atoms. The number of carbonyl (C=O) groups excluding carboxylic acids is 1. The Balaban J connectivity index is 2.42. The van der Waals surface area contributed by atoms with Crippen LogP contribution in [0.25, 0.3) is 5.69 Å². The van der Waals surface area contributed by atoms with Crippen molar-refractivity contribution in [2.45, 2.75) is 26.9 Å². The first-order valence-corrected chi connectivity index (χ1v) is 6.66. The topological polar surface area (TPSA) is 44.1 Å². The Kier molecular flexibility index (Phi) is 4.25. The lowest BCUT2D eigenvalue weighted by Crippen LogP contribution is -2.08. The van der Waals surface area contributed by atoms with E-state index in [9.17, 15) is 18.0 Å². The Morgan fingerprint density at radius 1 is 1.23 bits per heavy atom. The second-order valence-electron chi connectivity index (χ2n) is 4.72. The Morgan fingerprint density at radius 2 is 1.82 bits per heavy atom. The van der Waals surface area contributed by atoms with E-state index in [-0.39, 0.29) is 6.61 Å². The Bertz CT molecular complexity index is 688. The van der Waals surface area contributed by atoms with Gasteiger partial charge >= 0.3 is 12.1 Å². The maximum Gasteiger partial charge on any atom is 0.416 e. The van der Waals surface area contributed by atoms with Gasteiger partial charge in [-0.15, -0.1) is 0 Å². The summed E-state index contributed by atoms with van der Waals surface area (Å²) in [5, 5.41) is 4.21. The SMILES string of the molecule is CCOC(=O)c1c(C)nn(-c2ccc(C(F)(F)F)cc2)c1C. The monoisotopic (exact) mass is 312 g/mol. The van der Waals surface area contributed by atoms with Crippen molar-refractivity contribution in [1.82, 2.24) is 9.78 Å². The first kappa shape index (κ1) is 16.1. The highest BCUT2D eigenvalue weighted by Crippen LogP contribution is 2.30. The molecular weight excluding hydrogens is 297 g/mol. The molecule has 1 aromatic carbocycles. The van der Waals surface area contributed by atoms with Crippen molar-refractivity contribution >= 4 is 5.97 Å². The van der Waals surface area contributed by atoms with E-state index in [1.807, 2.05) is 0 Å². The number of hydrogen-bond acceptors (Lipinski definition) is 3. The molecule has 0 atom stereocenters. The summed E-state index contributed by atoms with van der Waals surface area (Å²) >= 11 is 0. The smallest absolute Gasteiger partial charge is 0.416 e. The summed E-state index contributed by atoms with van der Waals surface area (Å²) in [6.07, 6.45) is -4.39. The van der Waals surface area contributed by atoms with Gasteiger partial charge < -0.3 is 4.74 Å². The van der Waals surface area contributed by atoms with Gasteiger partial charge in [0.25, 0.3) is 0 Å². The molecule has 0 unspecified atom stereocenters. The van der Waals surface area contributed by atoms with Gasteiger partial charge in [0.1, 0.15) is 5.56 Å². The molecule has 0 N–H and O–H groups in total. The summed E-state index contributed by atoms with van der Waals surface area (Å²) < 4.78 is 44.1. The number of benzene rings is 1. The molecule has 0 amide bonds. The highest BCUT2D eigenvalue weighted by molar-refractivity contribution is 5.92. The molecule has 1 heterocycles. The van der Waals surface area contributed by atoms with Gasteiger partial charge in [-0.2, -0.15) is 18.3 Å². The third-order valence-electron chi connectivity index (χ3n) is 3.21. The lowest BCUT2D eigenvalue weighted by molar-refractivity contribution is -0.137. The number of halogens is 3. The molecule has 2 rings (SSSR count). The lowest BCUT2D eigenvalue weighted by atomic mass is 10.2. The van der Waals surface area contributed by atoms with E-state index in [2.05, 4.69) is 5.10 Å². The minimum absolute atomic E-state index is 0.239. The van der Waals surface area contributed by atoms with Crippen molar-refractivity contribution in [3.63, 3.8) is 0 Å². The summed E-state index contributed by atoms with van der Waals surface area (Å²) in [4.78, 5) is 11.9. The normalized spacial score (nSPS) is 11.5. The van der Waals surface area contributed by atoms with Crippen LogP contribution in [-0.4, -0.2) is 22.4 Å². The van der Waals surface area contributed by atoms with Crippen LogP contribution in [0.15, 0.2) is 24.3 Å². The van der Waals surface area contributed by atoms with Crippen LogP contribution in [-0.2, 0) is 10.9 Å². The second kappa shape index (κ2) is 5.82. The Hall–Kier alpha value is -2.31. The van der Waals surface area contributed by atoms with Crippen molar-refractivity contribution in [2.75, 3.05) is 6.61 Å². The van der Waals surface area contributed by atoms with E-state index in [4.69, 9.17) is 4.74 Å². The molecule has 0 bridgehead atoms. The Labute approximate surface area is 125 Å². The molecule has 0 aliphatic rings. The van der Waals surface area contributed by atoms with Crippen molar-refractivity contribution in [1.29, 1.82) is 0 Å². The zero-order chi connectivity index (χ0) is 16.5. The largest absolute Gasteiger partial charge is 0.462 e. The maximum atomic E-state index is 12.6. The first-order valence-electron chi connectivity index (χ1n) is 6.66. The van der Waals surface area contributed by atoms with Gasteiger partial charge in [-0.3, -0.25) is 0 Å². The molecule has 1 aromatic heterocycles. The predicted molar refractivity (Wildman–Crippen MR) is 74.0 cm³/mol. The van der Waals surface area contributed by atoms with Gasteiger partial charge in [0, 0.05) is 0 Å². The van der Waals surface area contributed by atoms with Crippen molar-refractivity contribution in [3.8, 4) is 5.69 Å². The maximum absolute atomic E-state index is 12.6.